The van der Waals surface area contributed by atoms with E-state index in [4.69, 9.17) is 0 Å². The minimum Gasteiger partial charge on any atom is -0.307 e. The summed E-state index contributed by atoms with van der Waals surface area (Å²) in [5.41, 5.74) is 1.30. The van der Waals surface area contributed by atoms with Crippen LogP contribution >= 0.6 is 0 Å². The zero-order chi connectivity index (χ0) is 13.7. The first-order valence-corrected chi connectivity index (χ1v) is 7.81. The molecule has 3 atom stereocenters. The van der Waals surface area contributed by atoms with Crippen molar-refractivity contribution in [3.05, 3.63) is 30.1 Å². The maximum atomic E-state index is 4.21. The van der Waals surface area contributed by atoms with Gasteiger partial charge in [0.1, 0.15) is 0 Å². The van der Waals surface area contributed by atoms with Crippen LogP contribution in [-0.2, 0) is 0 Å². The highest BCUT2D eigenvalue weighted by Gasteiger charge is 2.23. The highest BCUT2D eigenvalue weighted by molar-refractivity contribution is 5.13. The number of pyridine rings is 1. The van der Waals surface area contributed by atoms with Crippen molar-refractivity contribution in [1.82, 2.24) is 10.3 Å². The molecule has 1 aliphatic carbocycles. The molecule has 1 aromatic heterocycles. The predicted molar refractivity (Wildman–Crippen MR) is 81.0 cm³/mol. The van der Waals surface area contributed by atoms with Crippen molar-refractivity contribution >= 4 is 0 Å². The first-order chi connectivity index (χ1) is 9.15. The zero-order valence-corrected chi connectivity index (χ0v) is 12.6. The van der Waals surface area contributed by atoms with Crippen LogP contribution in [0.25, 0.3) is 0 Å². The number of nitrogens with zero attached hydrogens (tertiary/aromatic N) is 1. The quantitative estimate of drug-likeness (QED) is 0.852. The Kier molecular flexibility index (Phi) is 5.38. The molecule has 0 amide bonds. The van der Waals surface area contributed by atoms with Gasteiger partial charge in [-0.1, -0.05) is 32.8 Å². The fourth-order valence-electron chi connectivity index (χ4n) is 3.41. The molecular formula is C17H28N2. The second-order valence-corrected chi connectivity index (χ2v) is 6.53. The van der Waals surface area contributed by atoms with Gasteiger partial charge >= 0.3 is 0 Å². The van der Waals surface area contributed by atoms with E-state index in [0.29, 0.717) is 12.1 Å². The molecule has 0 radical (unpaired) electrons. The van der Waals surface area contributed by atoms with E-state index in [0.717, 1.165) is 11.8 Å². The van der Waals surface area contributed by atoms with Gasteiger partial charge in [-0.3, -0.25) is 4.98 Å². The summed E-state index contributed by atoms with van der Waals surface area (Å²) in [6.45, 7) is 6.94. The molecule has 2 nitrogen and oxygen atoms in total. The van der Waals surface area contributed by atoms with Crippen LogP contribution in [0.2, 0.25) is 0 Å². The van der Waals surface area contributed by atoms with Crippen LogP contribution in [0, 0.1) is 11.8 Å². The number of nitrogens with one attached hydrogen (secondary N) is 1. The van der Waals surface area contributed by atoms with Crippen molar-refractivity contribution in [3.63, 3.8) is 0 Å². The lowest BCUT2D eigenvalue weighted by molar-refractivity contribution is 0.242. The molecule has 0 saturated heterocycles. The van der Waals surface area contributed by atoms with Crippen LogP contribution < -0.4 is 5.32 Å². The number of hydrogen-bond acceptors (Lipinski definition) is 2. The molecule has 1 N–H and O–H groups in total. The summed E-state index contributed by atoms with van der Waals surface area (Å²) in [6.07, 6.45) is 10.7. The first-order valence-electron chi connectivity index (χ1n) is 7.81. The van der Waals surface area contributed by atoms with E-state index in [1.54, 1.807) is 0 Å². The van der Waals surface area contributed by atoms with Gasteiger partial charge in [0.15, 0.2) is 0 Å². The van der Waals surface area contributed by atoms with Gasteiger partial charge in [0.2, 0.25) is 0 Å². The van der Waals surface area contributed by atoms with Gasteiger partial charge in [0, 0.05) is 24.5 Å². The van der Waals surface area contributed by atoms with E-state index in [2.05, 4.69) is 37.1 Å². The van der Waals surface area contributed by atoms with Gasteiger partial charge < -0.3 is 5.32 Å². The molecular weight excluding hydrogens is 232 g/mol. The largest absolute Gasteiger partial charge is 0.307 e. The fourth-order valence-corrected chi connectivity index (χ4v) is 3.41. The SMILES string of the molecule is CC(C)CC1CCCC(N[C@@H](C)c2cccnc2)C1. The lowest BCUT2D eigenvalue weighted by atomic mass is 9.81. The van der Waals surface area contributed by atoms with Crippen molar-refractivity contribution in [3.8, 4) is 0 Å². The minimum absolute atomic E-state index is 0.413. The van der Waals surface area contributed by atoms with Crippen LogP contribution in [0.5, 0.6) is 0 Å². The van der Waals surface area contributed by atoms with Crippen molar-refractivity contribution in [1.29, 1.82) is 0 Å². The normalized spacial score (nSPS) is 25.5. The molecule has 1 aliphatic rings. The summed E-state index contributed by atoms with van der Waals surface area (Å²) < 4.78 is 0. The molecule has 1 heterocycles. The molecule has 0 spiro atoms. The molecule has 1 fully saturated rings. The van der Waals surface area contributed by atoms with Crippen molar-refractivity contribution in [2.24, 2.45) is 11.8 Å². The Hall–Kier alpha value is -0.890. The van der Waals surface area contributed by atoms with Crippen LogP contribution in [0.3, 0.4) is 0 Å². The molecule has 0 aromatic carbocycles. The average Bonchev–Trinajstić information content (AvgIpc) is 2.39. The van der Waals surface area contributed by atoms with E-state index in [-0.39, 0.29) is 0 Å². The predicted octanol–water partition coefficient (Wildman–Crippen LogP) is 4.34. The average molecular weight is 260 g/mol. The summed E-state index contributed by atoms with van der Waals surface area (Å²) in [7, 11) is 0. The van der Waals surface area contributed by atoms with Crippen molar-refractivity contribution in [2.45, 2.75) is 65.0 Å². The zero-order valence-electron chi connectivity index (χ0n) is 12.6. The Morgan fingerprint density at radius 1 is 1.32 bits per heavy atom. The first kappa shape index (κ1) is 14.5. The van der Waals surface area contributed by atoms with Gasteiger partial charge in [0.05, 0.1) is 0 Å². The standard InChI is InChI=1S/C17H28N2/c1-13(2)10-15-6-4-8-17(11-15)19-14(3)16-7-5-9-18-12-16/h5,7,9,12-15,17,19H,4,6,8,10-11H2,1-3H3/t14-,15?,17?/m0/s1. The Bertz CT molecular complexity index is 361. The lowest BCUT2D eigenvalue weighted by Gasteiger charge is -2.32. The van der Waals surface area contributed by atoms with Gasteiger partial charge in [-0.25, -0.2) is 0 Å². The highest BCUT2D eigenvalue weighted by Crippen LogP contribution is 2.30. The van der Waals surface area contributed by atoms with Crippen LogP contribution in [-0.4, -0.2) is 11.0 Å². The highest BCUT2D eigenvalue weighted by atomic mass is 14.9. The number of hydrogen-bond donors (Lipinski definition) is 1. The Balaban J connectivity index is 1.85. The van der Waals surface area contributed by atoms with Crippen LogP contribution in [0.1, 0.15) is 64.5 Å². The van der Waals surface area contributed by atoms with Crippen LogP contribution in [0.15, 0.2) is 24.5 Å². The van der Waals surface area contributed by atoms with Crippen LogP contribution in [0.4, 0.5) is 0 Å². The van der Waals surface area contributed by atoms with Crippen molar-refractivity contribution < 1.29 is 0 Å². The number of aromatic nitrogens is 1. The third kappa shape index (κ3) is 4.61. The van der Waals surface area contributed by atoms with Gasteiger partial charge in [-0.15, -0.1) is 0 Å². The second kappa shape index (κ2) is 7.04. The lowest BCUT2D eigenvalue weighted by Crippen LogP contribution is -2.36. The van der Waals surface area contributed by atoms with Gasteiger partial charge in [0.25, 0.3) is 0 Å². The Labute approximate surface area is 118 Å². The van der Waals surface area contributed by atoms with Gasteiger partial charge in [-0.05, 0) is 49.7 Å². The summed E-state index contributed by atoms with van der Waals surface area (Å²) in [4.78, 5) is 4.21. The topological polar surface area (TPSA) is 24.9 Å². The molecule has 106 valence electrons. The monoisotopic (exact) mass is 260 g/mol. The summed E-state index contributed by atoms with van der Waals surface area (Å²) in [6, 6.07) is 5.29. The summed E-state index contributed by atoms with van der Waals surface area (Å²) >= 11 is 0. The van der Waals surface area contributed by atoms with E-state index in [1.165, 1.54) is 37.7 Å². The molecule has 1 saturated carbocycles. The molecule has 19 heavy (non-hydrogen) atoms. The Morgan fingerprint density at radius 3 is 2.84 bits per heavy atom. The maximum absolute atomic E-state index is 4.21. The molecule has 0 aliphatic heterocycles. The molecule has 2 rings (SSSR count). The number of rotatable bonds is 5. The fraction of sp³-hybridized carbons (Fsp3) is 0.706. The maximum Gasteiger partial charge on any atom is 0.0315 e. The molecule has 2 heteroatoms. The van der Waals surface area contributed by atoms with E-state index in [1.807, 2.05) is 18.5 Å². The summed E-state index contributed by atoms with van der Waals surface area (Å²) in [5.74, 6) is 1.76. The molecule has 0 bridgehead atoms. The Morgan fingerprint density at radius 2 is 2.16 bits per heavy atom. The van der Waals surface area contributed by atoms with Gasteiger partial charge in [-0.2, -0.15) is 0 Å². The minimum atomic E-state index is 0.413. The van der Waals surface area contributed by atoms with E-state index >= 15 is 0 Å². The van der Waals surface area contributed by atoms with Crippen molar-refractivity contribution in [2.75, 3.05) is 0 Å². The smallest absolute Gasteiger partial charge is 0.0315 e. The summed E-state index contributed by atoms with van der Waals surface area (Å²) in [5, 5.41) is 3.80. The second-order valence-electron chi connectivity index (χ2n) is 6.53. The molecule has 2 unspecified atom stereocenters. The third-order valence-electron chi connectivity index (χ3n) is 4.26. The van der Waals surface area contributed by atoms with E-state index < -0.39 is 0 Å². The van der Waals surface area contributed by atoms with E-state index in [9.17, 15) is 0 Å². The molecule has 1 aromatic rings. The third-order valence-corrected chi connectivity index (χ3v) is 4.26.